The summed E-state index contributed by atoms with van der Waals surface area (Å²) in [5, 5.41) is 3.03. The second-order valence-corrected chi connectivity index (χ2v) is 7.89. The van der Waals surface area contributed by atoms with Crippen molar-refractivity contribution < 1.29 is 13.2 Å². The molecule has 0 unspecified atom stereocenters. The van der Waals surface area contributed by atoms with Crippen molar-refractivity contribution in [3.8, 4) is 5.75 Å². The van der Waals surface area contributed by atoms with Gasteiger partial charge in [0, 0.05) is 11.8 Å². The Bertz CT molecular complexity index is 1030. The number of hydrogen-bond donors (Lipinski definition) is 3. The average Bonchev–Trinajstić information content (AvgIpc) is 2.73. The Morgan fingerprint density at radius 1 is 0.893 bits per heavy atom. The third kappa shape index (κ3) is 5.78. The molecule has 0 aliphatic carbocycles. The van der Waals surface area contributed by atoms with Gasteiger partial charge in [-0.1, -0.05) is 54.6 Å². The zero-order chi connectivity index (χ0) is 19.8. The van der Waals surface area contributed by atoms with Crippen molar-refractivity contribution in [2.75, 3.05) is 5.32 Å². The van der Waals surface area contributed by atoms with Crippen LogP contribution in [0.25, 0.3) is 0 Å². The molecule has 0 aliphatic rings. The summed E-state index contributed by atoms with van der Waals surface area (Å²) in [5.74, 6) is 0.668. The molecule has 0 bridgehead atoms. The largest absolute Gasteiger partial charge is 0.489 e. The van der Waals surface area contributed by atoms with Crippen molar-refractivity contribution in [1.82, 2.24) is 10.3 Å². The van der Waals surface area contributed by atoms with Gasteiger partial charge >= 0.3 is 0 Å². The van der Waals surface area contributed by atoms with E-state index in [4.69, 9.17) is 17.0 Å². The zero-order valence-corrected chi connectivity index (χ0v) is 16.5. The highest BCUT2D eigenvalue weighted by Crippen LogP contribution is 2.18. The van der Waals surface area contributed by atoms with Crippen LogP contribution in [0.4, 0.5) is 5.69 Å². The molecule has 0 saturated carbocycles. The van der Waals surface area contributed by atoms with Crippen LogP contribution in [0.1, 0.15) is 5.56 Å². The number of thiocarbonyl (C=S) groups is 1. The van der Waals surface area contributed by atoms with Gasteiger partial charge in [-0.15, -0.1) is 4.83 Å². The normalized spacial score (nSPS) is 10.9. The quantitative estimate of drug-likeness (QED) is 0.407. The topological polar surface area (TPSA) is 79.5 Å². The standard InChI is InChI=1S/C20H19N3O3S2/c24-28(25,19-12-5-2-6-13-19)23-22-20(27)21-17-10-7-11-18(14-17)26-15-16-8-3-1-4-9-16/h1-14,23H,15H2,(H2,21,22,27). The summed E-state index contributed by atoms with van der Waals surface area (Å²) in [6, 6.07) is 25.1. The molecule has 0 radical (unpaired) electrons. The van der Waals surface area contributed by atoms with Gasteiger partial charge in [0.05, 0.1) is 4.90 Å². The highest BCUT2D eigenvalue weighted by Gasteiger charge is 2.13. The summed E-state index contributed by atoms with van der Waals surface area (Å²) in [4.78, 5) is 2.38. The molecule has 0 aliphatic heterocycles. The molecule has 0 atom stereocenters. The summed E-state index contributed by atoms with van der Waals surface area (Å²) < 4.78 is 30.1. The fourth-order valence-corrected chi connectivity index (χ4v) is 3.44. The maximum Gasteiger partial charge on any atom is 0.257 e. The first-order chi connectivity index (χ1) is 13.5. The van der Waals surface area contributed by atoms with Crippen molar-refractivity contribution in [2.24, 2.45) is 0 Å². The fraction of sp³-hybridized carbons (Fsp3) is 0.0500. The van der Waals surface area contributed by atoms with E-state index in [2.05, 4.69) is 15.6 Å². The Morgan fingerprint density at radius 3 is 2.29 bits per heavy atom. The Kier molecular flexibility index (Phi) is 6.59. The molecule has 0 saturated heterocycles. The van der Waals surface area contributed by atoms with Crippen LogP contribution in [0, 0.1) is 0 Å². The van der Waals surface area contributed by atoms with Gasteiger partial charge in [-0.2, -0.15) is 0 Å². The minimum atomic E-state index is -3.71. The molecule has 144 valence electrons. The number of ether oxygens (including phenoxy) is 1. The second kappa shape index (κ2) is 9.32. The first kappa shape index (κ1) is 19.8. The van der Waals surface area contributed by atoms with Gasteiger partial charge in [-0.25, -0.2) is 8.42 Å². The lowest BCUT2D eigenvalue weighted by molar-refractivity contribution is 0.306. The van der Waals surface area contributed by atoms with E-state index in [1.165, 1.54) is 12.1 Å². The van der Waals surface area contributed by atoms with Gasteiger partial charge in [0.15, 0.2) is 5.11 Å². The van der Waals surface area contributed by atoms with Crippen LogP contribution in [0.3, 0.4) is 0 Å². The predicted molar refractivity (Wildman–Crippen MR) is 113 cm³/mol. The van der Waals surface area contributed by atoms with Crippen LogP contribution >= 0.6 is 12.2 Å². The highest BCUT2D eigenvalue weighted by atomic mass is 32.2. The molecule has 8 heteroatoms. The number of hydrogen-bond acceptors (Lipinski definition) is 4. The third-order valence-electron chi connectivity index (χ3n) is 3.69. The molecule has 3 N–H and O–H groups in total. The lowest BCUT2D eigenvalue weighted by Gasteiger charge is -2.13. The SMILES string of the molecule is O=S(=O)(NNC(=S)Nc1cccc(OCc2ccccc2)c1)c1ccccc1. The summed E-state index contributed by atoms with van der Waals surface area (Å²) in [6.45, 7) is 0.448. The Balaban J connectivity index is 1.54. The number of sulfonamides is 1. The van der Waals surface area contributed by atoms with Gasteiger partial charge in [0.2, 0.25) is 0 Å². The molecule has 0 heterocycles. The first-order valence-corrected chi connectivity index (χ1v) is 10.3. The van der Waals surface area contributed by atoms with Crippen LogP contribution in [-0.4, -0.2) is 13.5 Å². The molecular formula is C20H19N3O3S2. The molecule has 3 rings (SSSR count). The van der Waals surface area contributed by atoms with Crippen LogP contribution in [-0.2, 0) is 16.6 Å². The number of anilines is 1. The molecule has 6 nitrogen and oxygen atoms in total. The van der Waals surface area contributed by atoms with Crippen LogP contribution in [0.2, 0.25) is 0 Å². The van der Waals surface area contributed by atoms with E-state index in [-0.39, 0.29) is 10.0 Å². The van der Waals surface area contributed by atoms with Crippen molar-refractivity contribution in [2.45, 2.75) is 11.5 Å². The lowest BCUT2D eigenvalue weighted by atomic mass is 10.2. The summed E-state index contributed by atoms with van der Waals surface area (Å²) in [5.41, 5.74) is 4.22. The Hall–Kier alpha value is -2.94. The molecule has 0 aromatic heterocycles. The Morgan fingerprint density at radius 2 is 1.57 bits per heavy atom. The fourth-order valence-electron chi connectivity index (χ4n) is 2.34. The molecule has 28 heavy (non-hydrogen) atoms. The van der Waals surface area contributed by atoms with E-state index in [0.717, 1.165) is 5.56 Å². The average molecular weight is 414 g/mol. The highest BCUT2D eigenvalue weighted by molar-refractivity contribution is 7.89. The zero-order valence-electron chi connectivity index (χ0n) is 14.8. The molecule has 0 fully saturated rings. The summed E-state index contributed by atoms with van der Waals surface area (Å²) in [6.07, 6.45) is 0. The number of hydrazine groups is 1. The maximum absolute atomic E-state index is 12.2. The van der Waals surface area contributed by atoms with Crippen molar-refractivity contribution in [1.29, 1.82) is 0 Å². The number of nitrogens with one attached hydrogen (secondary N) is 3. The molecule has 0 spiro atoms. The van der Waals surface area contributed by atoms with E-state index in [1.807, 2.05) is 42.5 Å². The molecule has 3 aromatic rings. The monoisotopic (exact) mass is 413 g/mol. The molecular weight excluding hydrogens is 394 g/mol. The van der Waals surface area contributed by atoms with E-state index in [1.54, 1.807) is 30.3 Å². The smallest absolute Gasteiger partial charge is 0.257 e. The van der Waals surface area contributed by atoms with Gasteiger partial charge in [-0.05, 0) is 42.0 Å². The van der Waals surface area contributed by atoms with E-state index in [9.17, 15) is 8.42 Å². The van der Waals surface area contributed by atoms with Gasteiger partial charge in [0.25, 0.3) is 10.0 Å². The van der Waals surface area contributed by atoms with Crippen LogP contribution in [0.5, 0.6) is 5.75 Å². The minimum absolute atomic E-state index is 0.111. The maximum atomic E-state index is 12.2. The summed E-state index contributed by atoms with van der Waals surface area (Å²) >= 11 is 5.15. The second-order valence-electron chi connectivity index (χ2n) is 5.80. The van der Waals surface area contributed by atoms with Gasteiger partial charge in [0.1, 0.15) is 12.4 Å². The van der Waals surface area contributed by atoms with Crippen molar-refractivity contribution in [3.63, 3.8) is 0 Å². The number of rotatable bonds is 7. The van der Waals surface area contributed by atoms with Crippen LogP contribution < -0.4 is 20.3 Å². The minimum Gasteiger partial charge on any atom is -0.489 e. The summed E-state index contributed by atoms with van der Waals surface area (Å²) in [7, 11) is -3.71. The predicted octanol–water partition coefficient (Wildman–Crippen LogP) is 3.45. The van der Waals surface area contributed by atoms with Gasteiger partial charge in [-0.3, -0.25) is 5.43 Å². The van der Waals surface area contributed by atoms with Crippen LogP contribution in [0.15, 0.2) is 89.8 Å². The van der Waals surface area contributed by atoms with Gasteiger partial charge < -0.3 is 10.1 Å². The van der Waals surface area contributed by atoms with E-state index >= 15 is 0 Å². The molecule has 0 amide bonds. The van der Waals surface area contributed by atoms with Crippen molar-refractivity contribution in [3.05, 3.63) is 90.5 Å². The molecule has 3 aromatic carbocycles. The van der Waals surface area contributed by atoms with E-state index in [0.29, 0.717) is 18.0 Å². The third-order valence-corrected chi connectivity index (χ3v) is 5.16. The number of benzene rings is 3. The Labute approximate surface area is 169 Å². The van der Waals surface area contributed by atoms with E-state index < -0.39 is 10.0 Å². The van der Waals surface area contributed by atoms with Crippen molar-refractivity contribution >= 4 is 33.0 Å². The lowest BCUT2D eigenvalue weighted by Crippen LogP contribution is -2.43. The first-order valence-electron chi connectivity index (χ1n) is 8.43.